The van der Waals surface area contributed by atoms with Gasteiger partial charge in [0.25, 0.3) is 0 Å². The lowest BCUT2D eigenvalue weighted by atomic mass is 9.96. The van der Waals surface area contributed by atoms with Crippen LogP contribution in [0.4, 0.5) is 8.78 Å². The van der Waals surface area contributed by atoms with Gasteiger partial charge in [0.15, 0.2) is 0 Å². The number of hydrogen-bond donors (Lipinski definition) is 0. The highest BCUT2D eigenvalue weighted by Crippen LogP contribution is 2.26. The number of halogens is 2. The van der Waals surface area contributed by atoms with Crippen molar-refractivity contribution in [1.82, 2.24) is 0 Å². The fraction of sp³-hybridized carbons (Fsp3) is 0.375. The Morgan fingerprint density at radius 2 is 2.27 bits per heavy atom. The average molecular weight is 155 g/mol. The minimum absolute atomic E-state index is 0.529. The van der Waals surface area contributed by atoms with Crippen molar-refractivity contribution in [3.8, 4) is 6.07 Å². The van der Waals surface area contributed by atoms with Gasteiger partial charge in [0.05, 0.1) is 6.07 Å². The first-order chi connectivity index (χ1) is 5.15. The summed E-state index contributed by atoms with van der Waals surface area (Å²) < 4.78 is 25.5. The summed E-state index contributed by atoms with van der Waals surface area (Å²) >= 11 is 0. The molecule has 0 saturated carbocycles. The molecule has 0 spiro atoms. The van der Waals surface area contributed by atoms with Crippen molar-refractivity contribution in [3.63, 3.8) is 0 Å². The van der Waals surface area contributed by atoms with E-state index in [-0.39, 0.29) is 0 Å². The van der Waals surface area contributed by atoms with Crippen LogP contribution in [0.15, 0.2) is 23.6 Å². The van der Waals surface area contributed by atoms with Gasteiger partial charge < -0.3 is 0 Å². The average Bonchev–Trinajstić information content (AvgIpc) is 1.85. The highest BCUT2D eigenvalue weighted by molar-refractivity contribution is 5.31. The zero-order valence-corrected chi connectivity index (χ0v) is 6.01. The van der Waals surface area contributed by atoms with Crippen molar-refractivity contribution in [2.24, 2.45) is 5.92 Å². The van der Waals surface area contributed by atoms with Crippen LogP contribution in [0, 0.1) is 17.2 Å². The molecule has 1 rings (SSSR count). The predicted molar refractivity (Wildman–Crippen MR) is 36.9 cm³/mol. The molecule has 3 heteroatoms. The van der Waals surface area contributed by atoms with Crippen molar-refractivity contribution < 1.29 is 8.78 Å². The van der Waals surface area contributed by atoms with Crippen LogP contribution in [0.3, 0.4) is 0 Å². The summed E-state index contributed by atoms with van der Waals surface area (Å²) in [4.78, 5) is 0. The van der Waals surface area contributed by atoms with Crippen LogP contribution in [0.5, 0.6) is 0 Å². The second kappa shape index (κ2) is 2.83. The zero-order valence-electron chi connectivity index (χ0n) is 6.01. The molecule has 58 valence electrons. The lowest BCUT2D eigenvalue weighted by Crippen LogP contribution is -2.15. The quantitative estimate of drug-likeness (QED) is 0.526. The molecular formula is C8H7F2N. The zero-order chi connectivity index (χ0) is 8.43. The van der Waals surface area contributed by atoms with Crippen molar-refractivity contribution >= 4 is 0 Å². The van der Waals surface area contributed by atoms with Crippen LogP contribution < -0.4 is 0 Å². The first-order valence-corrected chi connectivity index (χ1v) is 3.24. The molecule has 1 aliphatic rings. The molecule has 0 aromatic rings. The highest BCUT2D eigenvalue weighted by atomic mass is 19.1. The number of allylic oxidation sites excluding steroid dienone is 4. The standard InChI is InChI=1S/C8H7F2N/c1-5-2-7(9)6(4-11)8(10)3-5/h2-3,6-7H,1H3. The molecule has 1 nitrogen and oxygen atoms in total. The van der Waals surface area contributed by atoms with Crippen molar-refractivity contribution in [2.45, 2.75) is 13.1 Å². The largest absolute Gasteiger partial charge is 0.241 e. The molecule has 2 atom stereocenters. The number of nitrogens with zero attached hydrogens (tertiary/aromatic N) is 1. The van der Waals surface area contributed by atoms with E-state index in [9.17, 15) is 8.78 Å². The van der Waals surface area contributed by atoms with E-state index >= 15 is 0 Å². The monoisotopic (exact) mass is 155 g/mol. The van der Waals surface area contributed by atoms with Gasteiger partial charge in [0.2, 0.25) is 0 Å². The second-order valence-corrected chi connectivity index (χ2v) is 2.49. The molecule has 0 radical (unpaired) electrons. The Labute approximate surface area is 63.6 Å². The fourth-order valence-electron chi connectivity index (χ4n) is 0.988. The van der Waals surface area contributed by atoms with Crippen LogP contribution in [0.25, 0.3) is 0 Å². The smallest absolute Gasteiger partial charge is 0.141 e. The maximum absolute atomic E-state index is 12.8. The molecule has 0 bridgehead atoms. The highest BCUT2D eigenvalue weighted by Gasteiger charge is 2.26. The van der Waals surface area contributed by atoms with E-state index in [1.807, 2.05) is 0 Å². The first kappa shape index (κ1) is 7.93. The van der Waals surface area contributed by atoms with Gasteiger partial charge in [0, 0.05) is 0 Å². The Morgan fingerprint density at radius 1 is 1.64 bits per heavy atom. The third-order valence-corrected chi connectivity index (χ3v) is 1.54. The topological polar surface area (TPSA) is 23.8 Å². The molecule has 0 aromatic heterocycles. The number of rotatable bonds is 0. The summed E-state index contributed by atoms with van der Waals surface area (Å²) in [5.41, 5.74) is 0.529. The Kier molecular flexibility index (Phi) is 2.04. The summed E-state index contributed by atoms with van der Waals surface area (Å²) in [6, 6.07) is 1.56. The molecule has 0 amide bonds. The number of alkyl halides is 1. The van der Waals surface area contributed by atoms with E-state index in [2.05, 4.69) is 0 Å². The Bertz CT molecular complexity index is 260. The Balaban J connectivity index is 2.93. The second-order valence-electron chi connectivity index (χ2n) is 2.49. The fourth-order valence-corrected chi connectivity index (χ4v) is 0.988. The molecule has 0 aliphatic heterocycles. The van der Waals surface area contributed by atoms with Crippen LogP contribution in [-0.2, 0) is 0 Å². The van der Waals surface area contributed by atoms with Gasteiger partial charge in [-0.3, -0.25) is 0 Å². The Hall–Kier alpha value is -1.17. The van der Waals surface area contributed by atoms with Crippen LogP contribution in [0.2, 0.25) is 0 Å². The van der Waals surface area contributed by atoms with Gasteiger partial charge in [-0.2, -0.15) is 5.26 Å². The van der Waals surface area contributed by atoms with Crippen molar-refractivity contribution in [3.05, 3.63) is 23.6 Å². The summed E-state index contributed by atoms with van der Waals surface area (Å²) in [5, 5.41) is 8.32. The molecule has 0 aromatic carbocycles. The normalized spacial score (nSPS) is 30.4. The van der Waals surface area contributed by atoms with E-state index < -0.39 is 17.9 Å². The van der Waals surface area contributed by atoms with Crippen molar-refractivity contribution in [1.29, 1.82) is 5.26 Å². The maximum atomic E-state index is 12.8. The minimum atomic E-state index is -1.50. The summed E-state index contributed by atoms with van der Waals surface area (Å²) in [6.45, 7) is 1.60. The lowest BCUT2D eigenvalue weighted by molar-refractivity contribution is 0.316. The lowest BCUT2D eigenvalue weighted by Gasteiger charge is -2.14. The number of nitriles is 1. The molecule has 2 unspecified atom stereocenters. The Morgan fingerprint density at radius 3 is 2.73 bits per heavy atom. The van der Waals surface area contributed by atoms with Crippen LogP contribution >= 0.6 is 0 Å². The summed E-state index contributed by atoms with van der Waals surface area (Å²) in [5.74, 6) is -1.92. The molecule has 11 heavy (non-hydrogen) atoms. The molecule has 0 fully saturated rings. The van der Waals surface area contributed by atoms with Gasteiger partial charge in [-0.25, -0.2) is 8.78 Å². The molecular weight excluding hydrogens is 148 g/mol. The van der Waals surface area contributed by atoms with Gasteiger partial charge >= 0.3 is 0 Å². The third-order valence-electron chi connectivity index (χ3n) is 1.54. The molecule has 0 saturated heterocycles. The van der Waals surface area contributed by atoms with E-state index in [0.29, 0.717) is 5.57 Å². The van der Waals surface area contributed by atoms with Crippen LogP contribution in [-0.4, -0.2) is 6.17 Å². The van der Waals surface area contributed by atoms with E-state index in [1.54, 1.807) is 13.0 Å². The molecule has 1 aliphatic carbocycles. The van der Waals surface area contributed by atoms with E-state index in [4.69, 9.17) is 5.26 Å². The van der Waals surface area contributed by atoms with E-state index in [1.165, 1.54) is 12.2 Å². The van der Waals surface area contributed by atoms with Gasteiger partial charge in [-0.1, -0.05) is 0 Å². The van der Waals surface area contributed by atoms with Gasteiger partial charge in [-0.05, 0) is 24.6 Å². The summed E-state index contributed by atoms with van der Waals surface area (Å²) in [6.07, 6.45) is 0.936. The predicted octanol–water partition coefficient (Wildman–Crippen LogP) is 2.28. The molecule has 0 N–H and O–H groups in total. The van der Waals surface area contributed by atoms with Crippen LogP contribution in [0.1, 0.15) is 6.92 Å². The van der Waals surface area contributed by atoms with Gasteiger partial charge in [-0.15, -0.1) is 0 Å². The van der Waals surface area contributed by atoms with E-state index in [0.717, 1.165) is 0 Å². The SMILES string of the molecule is CC1=CC(F)C(C#N)C(F)=C1. The van der Waals surface area contributed by atoms with Crippen molar-refractivity contribution in [2.75, 3.05) is 0 Å². The minimum Gasteiger partial charge on any atom is -0.241 e. The third kappa shape index (κ3) is 1.45. The maximum Gasteiger partial charge on any atom is 0.141 e. The summed E-state index contributed by atoms with van der Waals surface area (Å²) in [7, 11) is 0. The first-order valence-electron chi connectivity index (χ1n) is 3.24. The van der Waals surface area contributed by atoms with Gasteiger partial charge in [0.1, 0.15) is 17.9 Å². The number of hydrogen-bond acceptors (Lipinski definition) is 1. The molecule has 0 heterocycles.